The van der Waals surface area contributed by atoms with E-state index in [9.17, 15) is 0 Å². The molecule has 4 rings (SSSR count). The molecular formula is C17H18N4. The number of hydrogen-bond donors (Lipinski definition) is 1. The summed E-state index contributed by atoms with van der Waals surface area (Å²) >= 11 is 0. The lowest BCUT2D eigenvalue weighted by Gasteiger charge is -2.25. The molecule has 1 unspecified atom stereocenters. The summed E-state index contributed by atoms with van der Waals surface area (Å²) in [4.78, 5) is 4.19. The van der Waals surface area contributed by atoms with Crippen LogP contribution in [0.3, 0.4) is 0 Å². The van der Waals surface area contributed by atoms with Gasteiger partial charge in [0.05, 0.1) is 22.6 Å². The lowest BCUT2D eigenvalue weighted by molar-refractivity contribution is 0.415. The smallest absolute Gasteiger partial charge is 0.134 e. The van der Waals surface area contributed by atoms with Crippen molar-refractivity contribution in [3.63, 3.8) is 0 Å². The van der Waals surface area contributed by atoms with E-state index in [1.807, 2.05) is 13.0 Å². The van der Waals surface area contributed by atoms with Crippen LogP contribution in [0.15, 0.2) is 36.5 Å². The van der Waals surface area contributed by atoms with Crippen LogP contribution in [0, 0.1) is 6.92 Å². The number of hydrogen-bond acceptors (Lipinski definition) is 3. The lowest BCUT2D eigenvalue weighted by atomic mass is 9.88. The van der Waals surface area contributed by atoms with Crippen molar-refractivity contribution >= 4 is 16.7 Å². The number of nitrogen functional groups attached to an aromatic ring is 1. The van der Waals surface area contributed by atoms with E-state index in [0.29, 0.717) is 11.9 Å². The zero-order valence-corrected chi connectivity index (χ0v) is 12.1. The molecule has 4 heteroatoms. The molecule has 1 atom stereocenters. The van der Waals surface area contributed by atoms with Gasteiger partial charge in [0.15, 0.2) is 0 Å². The molecule has 0 spiro atoms. The van der Waals surface area contributed by atoms with Crippen LogP contribution in [0.25, 0.3) is 10.9 Å². The van der Waals surface area contributed by atoms with Crippen molar-refractivity contribution in [2.24, 2.45) is 0 Å². The fourth-order valence-corrected chi connectivity index (χ4v) is 3.46. The molecule has 0 bridgehead atoms. The molecular weight excluding hydrogens is 260 g/mol. The molecule has 1 aliphatic carbocycles. The van der Waals surface area contributed by atoms with Gasteiger partial charge in [0.1, 0.15) is 5.82 Å². The molecule has 2 N–H and O–H groups in total. The predicted molar refractivity (Wildman–Crippen MR) is 84.2 cm³/mol. The van der Waals surface area contributed by atoms with Crippen molar-refractivity contribution in [3.05, 3.63) is 53.3 Å². The first kappa shape index (κ1) is 12.4. The van der Waals surface area contributed by atoms with Crippen LogP contribution in [0.1, 0.15) is 29.3 Å². The van der Waals surface area contributed by atoms with Crippen molar-refractivity contribution in [2.75, 3.05) is 5.73 Å². The van der Waals surface area contributed by atoms with Gasteiger partial charge in [0.25, 0.3) is 0 Å². The summed E-state index contributed by atoms with van der Waals surface area (Å²) < 4.78 is 2.15. The van der Waals surface area contributed by atoms with Gasteiger partial charge in [-0.1, -0.05) is 24.3 Å². The van der Waals surface area contributed by atoms with Gasteiger partial charge in [0, 0.05) is 6.20 Å². The van der Waals surface area contributed by atoms with Crippen LogP contribution in [0.2, 0.25) is 0 Å². The molecule has 0 fully saturated rings. The molecule has 3 aromatic rings. The van der Waals surface area contributed by atoms with E-state index >= 15 is 0 Å². The number of pyridine rings is 1. The molecule has 2 aromatic heterocycles. The highest BCUT2D eigenvalue weighted by Gasteiger charge is 2.23. The van der Waals surface area contributed by atoms with E-state index in [1.165, 1.54) is 11.1 Å². The summed E-state index contributed by atoms with van der Waals surface area (Å²) in [6.45, 7) is 2.01. The minimum atomic E-state index is 0.401. The van der Waals surface area contributed by atoms with Gasteiger partial charge >= 0.3 is 0 Å². The first-order valence-corrected chi connectivity index (χ1v) is 7.40. The second-order valence-corrected chi connectivity index (χ2v) is 5.79. The molecule has 106 valence electrons. The van der Waals surface area contributed by atoms with Gasteiger partial charge in [-0.25, -0.2) is 4.98 Å². The van der Waals surface area contributed by atoms with Crippen molar-refractivity contribution in [3.8, 4) is 0 Å². The minimum Gasteiger partial charge on any atom is -0.383 e. The normalized spacial score (nSPS) is 17.9. The third-order valence-electron chi connectivity index (χ3n) is 4.49. The Balaban J connectivity index is 1.80. The number of nitrogens with two attached hydrogens (primary N) is 1. The lowest BCUT2D eigenvalue weighted by Crippen LogP contribution is -2.19. The second-order valence-electron chi connectivity index (χ2n) is 5.79. The Kier molecular flexibility index (Phi) is 2.70. The molecule has 2 heterocycles. The summed E-state index contributed by atoms with van der Waals surface area (Å²) in [5.74, 6) is 0.576. The quantitative estimate of drug-likeness (QED) is 0.744. The largest absolute Gasteiger partial charge is 0.383 e. The molecule has 4 nitrogen and oxygen atoms in total. The first-order valence-electron chi connectivity index (χ1n) is 7.40. The Bertz CT molecular complexity index is 819. The zero-order valence-electron chi connectivity index (χ0n) is 12.1. The summed E-state index contributed by atoms with van der Waals surface area (Å²) in [6.07, 6.45) is 5.04. The monoisotopic (exact) mass is 278 g/mol. The number of aryl methyl sites for hydroxylation is 2. The molecule has 1 aliphatic rings. The summed E-state index contributed by atoms with van der Waals surface area (Å²) in [6, 6.07) is 11.1. The van der Waals surface area contributed by atoms with Crippen LogP contribution in [-0.2, 0) is 12.8 Å². The highest BCUT2D eigenvalue weighted by atomic mass is 15.3. The van der Waals surface area contributed by atoms with Crippen LogP contribution in [0.4, 0.5) is 5.82 Å². The highest BCUT2D eigenvalue weighted by molar-refractivity contribution is 5.90. The number of anilines is 1. The zero-order chi connectivity index (χ0) is 14.4. The number of rotatable bonds is 1. The number of fused-ring (bicyclic) bond motifs is 2. The van der Waals surface area contributed by atoms with Crippen molar-refractivity contribution < 1.29 is 0 Å². The summed E-state index contributed by atoms with van der Waals surface area (Å²) in [5.41, 5.74) is 11.0. The fourth-order valence-electron chi connectivity index (χ4n) is 3.46. The van der Waals surface area contributed by atoms with Crippen molar-refractivity contribution in [1.29, 1.82) is 0 Å². The van der Waals surface area contributed by atoms with Crippen molar-refractivity contribution in [1.82, 2.24) is 14.8 Å². The van der Waals surface area contributed by atoms with Crippen molar-refractivity contribution in [2.45, 2.75) is 32.2 Å². The van der Waals surface area contributed by atoms with Crippen LogP contribution in [0.5, 0.6) is 0 Å². The van der Waals surface area contributed by atoms with Gasteiger partial charge in [-0.3, -0.25) is 4.68 Å². The molecule has 0 saturated carbocycles. The Labute approximate surface area is 123 Å². The van der Waals surface area contributed by atoms with Crippen LogP contribution < -0.4 is 5.73 Å². The Morgan fingerprint density at radius 1 is 1.19 bits per heavy atom. The second kappa shape index (κ2) is 4.58. The summed E-state index contributed by atoms with van der Waals surface area (Å²) in [5, 5.41) is 5.74. The number of benzene rings is 1. The average molecular weight is 278 g/mol. The Hall–Kier alpha value is -2.36. The van der Waals surface area contributed by atoms with E-state index in [2.05, 4.69) is 33.9 Å². The minimum absolute atomic E-state index is 0.401. The fraction of sp³-hybridized carbons (Fsp3) is 0.294. The van der Waals surface area contributed by atoms with Gasteiger partial charge in [-0.15, -0.1) is 0 Å². The average Bonchev–Trinajstić information content (AvgIpc) is 2.85. The maximum atomic E-state index is 6.01. The van der Waals surface area contributed by atoms with Gasteiger partial charge in [-0.05, 0) is 43.4 Å². The Morgan fingerprint density at radius 2 is 2.00 bits per heavy atom. The molecule has 0 amide bonds. The van der Waals surface area contributed by atoms with E-state index in [4.69, 9.17) is 10.8 Å². The van der Waals surface area contributed by atoms with E-state index in [1.54, 1.807) is 6.20 Å². The molecule has 0 aliphatic heterocycles. The predicted octanol–water partition coefficient (Wildman–Crippen LogP) is 3.05. The van der Waals surface area contributed by atoms with Gasteiger partial charge in [-0.2, -0.15) is 5.10 Å². The third-order valence-corrected chi connectivity index (χ3v) is 4.49. The van der Waals surface area contributed by atoms with E-state index in [-0.39, 0.29) is 0 Å². The maximum absolute atomic E-state index is 6.01. The highest BCUT2D eigenvalue weighted by Crippen LogP contribution is 2.32. The van der Waals surface area contributed by atoms with Gasteiger partial charge < -0.3 is 5.73 Å². The SMILES string of the molecule is Cc1nn(C2CCc3ccccc3C2)c2ccnc(N)c12. The number of aromatic nitrogens is 3. The first-order chi connectivity index (χ1) is 10.2. The van der Waals surface area contributed by atoms with E-state index < -0.39 is 0 Å². The topological polar surface area (TPSA) is 56.7 Å². The summed E-state index contributed by atoms with van der Waals surface area (Å²) in [7, 11) is 0. The molecule has 0 radical (unpaired) electrons. The van der Waals surface area contributed by atoms with Crippen LogP contribution in [-0.4, -0.2) is 14.8 Å². The van der Waals surface area contributed by atoms with Gasteiger partial charge in [0.2, 0.25) is 0 Å². The number of nitrogens with zero attached hydrogens (tertiary/aromatic N) is 3. The standard InChI is InChI=1S/C17H18N4/c1-11-16-15(8-9-19-17(16)18)21(20-11)14-7-6-12-4-2-3-5-13(12)10-14/h2-5,8-9,14H,6-7,10H2,1H3,(H2,18,19). The maximum Gasteiger partial charge on any atom is 0.134 e. The van der Waals surface area contributed by atoms with Crippen LogP contribution >= 0.6 is 0 Å². The molecule has 21 heavy (non-hydrogen) atoms. The Morgan fingerprint density at radius 3 is 2.86 bits per heavy atom. The van der Waals surface area contributed by atoms with E-state index in [0.717, 1.165) is 35.9 Å². The molecule has 1 aromatic carbocycles. The third kappa shape index (κ3) is 1.90. The molecule has 0 saturated heterocycles.